The summed E-state index contributed by atoms with van der Waals surface area (Å²) in [6, 6.07) is 10.4. The molecule has 0 heterocycles. The zero-order chi connectivity index (χ0) is 14.0. The van der Waals surface area contributed by atoms with Crippen molar-refractivity contribution in [3.63, 3.8) is 0 Å². The minimum Gasteiger partial charge on any atom is -0.399 e. The summed E-state index contributed by atoms with van der Waals surface area (Å²) in [5.41, 5.74) is 13.3. The van der Waals surface area contributed by atoms with E-state index in [0.717, 1.165) is 9.26 Å². The Balaban J connectivity index is 2.40. The Hall–Kier alpha value is -1.47. The topological polar surface area (TPSA) is 81.1 Å². The summed E-state index contributed by atoms with van der Waals surface area (Å²) in [5.74, 6) is -0.529. The number of nitrogens with two attached hydrogens (primary N) is 2. The smallest absolute Gasteiger partial charge is 0.250 e. The summed E-state index contributed by atoms with van der Waals surface area (Å²) in [6.07, 6.45) is 0. The number of hydrogen-bond donors (Lipinski definition) is 3. The largest absolute Gasteiger partial charge is 0.399 e. The molecule has 6 heteroatoms. The third-order valence-corrected chi connectivity index (χ3v) is 3.64. The summed E-state index contributed by atoms with van der Waals surface area (Å²) in [4.78, 5) is 11.4. The van der Waals surface area contributed by atoms with Crippen molar-refractivity contribution in [1.82, 2.24) is 0 Å². The van der Waals surface area contributed by atoms with Crippen LogP contribution in [0.4, 0.5) is 17.1 Å². The maximum Gasteiger partial charge on any atom is 0.250 e. The molecule has 2 rings (SSSR count). The summed E-state index contributed by atoms with van der Waals surface area (Å²) in [6.45, 7) is 0. The molecule has 0 aliphatic heterocycles. The van der Waals surface area contributed by atoms with Crippen molar-refractivity contribution in [3.05, 3.63) is 50.6 Å². The van der Waals surface area contributed by atoms with Crippen LogP contribution >= 0.6 is 34.2 Å². The average Bonchev–Trinajstić information content (AvgIpc) is 2.34. The molecule has 0 atom stereocenters. The predicted molar refractivity (Wildman–Crippen MR) is 86.8 cm³/mol. The molecule has 98 valence electrons. The summed E-state index contributed by atoms with van der Waals surface area (Å²) < 4.78 is 0.942. The van der Waals surface area contributed by atoms with Crippen LogP contribution in [0.3, 0.4) is 0 Å². The number of nitrogens with one attached hydrogen (secondary N) is 1. The van der Waals surface area contributed by atoms with Gasteiger partial charge < -0.3 is 16.8 Å². The fraction of sp³-hybridized carbons (Fsp3) is 0. The van der Waals surface area contributed by atoms with Crippen LogP contribution in [-0.4, -0.2) is 5.91 Å². The van der Waals surface area contributed by atoms with E-state index in [-0.39, 0.29) is 0 Å². The van der Waals surface area contributed by atoms with E-state index in [0.29, 0.717) is 22.0 Å². The van der Waals surface area contributed by atoms with Gasteiger partial charge in [0, 0.05) is 14.3 Å². The number of amides is 1. The van der Waals surface area contributed by atoms with Gasteiger partial charge in [0.25, 0.3) is 5.91 Å². The Morgan fingerprint density at radius 2 is 1.84 bits per heavy atom. The average molecular weight is 388 g/mol. The van der Waals surface area contributed by atoms with Crippen LogP contribution in [0.15, 0.2) is 36.4 Å². The van der Waals surface area contributed by atoms with Crippen LogP contribution in [0.1, 0.15) is 10.4 Å². The van der Waals surface area contributed by atoms with Crippen molar-refractivity contribution in [2.24, 2.45) is 5.73 Å². The van der Waals surface area contributed by atoms with Crippen molar-refractivity contribution in [2.75, 3.05) is 11.1 Å². The zero-order valence-corrected chi connectivity index (χ0v) is 12.7. The van der Waals surface area contributed by atoms with Crippen LogP contribution in [0.25, 0.3) is 0 Å². The fourth-order valence-corrected chi connectivity index (χ4v) is 2.62. The molecule has 0 saturated heterocycles. The molecule has 0 radical (unpaired) electrons. The minimum absolute atomic E-state index is 0.353. The molecule has 4 nitrogen and oxygen atoms in total. The molecule has 5 N–H and O–H groups in total. The van der Waals surface area contributed by atoms with E-state index in [9.17, 15) is 4.79 Å². The molecule has 0 aromatic heterocycles. The van der Waals surface area contributed by atoms with Crippen molar-refractivity contribution in [3.8, 4) is 0 Å². The Labute approximate surface area is 129 Å². The number of nitrogen functional groups attached to an aromatic ring is 1. The van der Waals surface area contributed by atoms with E-state index in [1.807, 2.05) is 12.1 Å². The van der Waals surface area contributed by atoms with Crippen molar-refractivity contribution >= 4 is 57.2 Å². The van der Waals surface area contributed by atoms with E-state index in [2.05, 4.69) is 27.9 Å². The highest BCUT2D eigenvalue weighted by Gasteiger charge is 2.10. The predicted octanol–water partition coefficient (Wildman–Crippen LogP) is 3.37. The Bertz CT molecular complexity index is 646. The third kappa shape index (κ3) is 3.30. The number of anilines is 3. The Kier molecular flexibility index (Phi) is 4.16. The Morgan fingerprint density at radius 1 is 1.16 bits per heavy atom. The van der Waals surface area contributed by atoms with E-state index < -0.39 is 5.91 Å². The molecular formula is C13H11ClIN3O. The van der Waals surface area contributed by atoms with E-state index in [1.54, 1.807) is 24.3 Å². The van der Waals surface area contributed by atoms with E-state index in [4.69, 9.17) is 23.1 Å². The van der Waals surface area contributed by atoms with Gasteiger partial charge >= 0.3 is 0 Å². The molecule has 0 aliphatic rings. The van der Waals surface area contributed by atoms with Gasteiger partial charge in [-0.05, 0) is 59.0 Å². The molecule has 19 heavy (non-hydrogen) atoms. The molecule has 2 aromatic carbocycles. The first-order valence-corrected chi connectivity index (χ1v) is 6.84. The monoisotopic (exact) mass is 387 g/mol. The molecule has 1 amide bonds. The first kappa shape index (κ1) is 14.0. The SMILES string of the molecule is NC(=O)c1cc(N)ccc1Nc1ccc(Cl)cc1I. The number of rotatable bonds is 3. The number of carbonyl (C=O) groups is 1. The molecule has 0 saturated carbocycles. The second-order valence-corrected chi connectivity index (χ2v) is 5.52. The van der Waals surface area contributed by atoms with Gasteiger partial charge in [-0.25, -0.2) is 0 Å². The molecule has 0 spiro atoms. The molecule has 0 bridgehead atoms. The zero-order valence-electron chi connectivity index (χ0n) is 9.78. The summed E-state index contributed by atoms with van der Waals surface area (Å²) >= 11 is 8.06. The van der Waals surface area contributed by atoms with Gasteiger partial charge in [-0.1, -0.05) is 11.6 Å². The maximum absolute atomic E-state index is 11.4. The first-order valence-electron chi connectivity index (χ1n) is 5.39. The number of benzene rings is 2. The van der Waals surface area contributed by atoms with Gasteiger partial charge in [-0.2, -0.15) is 0 Å². The second-order valence-electron chi connectivity index (χ2n) is 3.92. The van der Waals surface area contributed by atoms with Crippen molar-refractivity contribution < 1.29 is 4.79 Å². The highest BCUT2D eigenvalue weighted by atomic mass is 127. The van der Waals surface area contributed by atoms with Crippen molar-refractivity contribution in [2.45, 2.75) is 0 Å². The molecule has 2 aromatic rings. The lowest BCUT2D eigenvalue weighted by atomic mass is 10.1. The minimum atomic E-state index is -0.529. The van der Waals surface area contributed by atoms with Gasteiger partial charge in [0.1, 0.15) is 0 Å². The third-order valence-electron chi connectivity index (χ3n) is 2.51. The molecule has 0 fully saturated rings. The molecule has 0 unspecified atom stereocenters. The normalized spacial score (nSPS) is 10.2. The van der Waals surface area contributed by atoms with Gasteiger partial charge in [0.05, 0.1) is 16.9 Å². The fourth-order valence-electron chi connectivity index (χ4n) is 1.61. The van der Waals surface area contributed by atoms with Crippen LogP contribution in [0, 0.1) is 3.57 Å². The number of halogens is 2. The lowest BCUT2D eigenvalue weighted by molar-refractivity contribution is 0.100. The van der Waals surface area contributed by atoms with Crippen LogP contribution in [0.2, 0.25) is 5.02 Å². The highest BCUT2D eigenvalue weighted by Crippen LogP contribution is 2.28. The summed E-state index contributed by atoms with van der Waals surface area (Å²) in [5, 5.41) is 3.81. The quantitative estimate of drug-likeness (QED) is 0.558. The maximum atomic E-state index is 11.4. The second kappa shape index (κ2) is 5.66. The lowest BCUT2D eigenvalue weighted by Gasteiger charge is -2.12. The highest BCUT2D eigenvalue weighted by molar-refractivity contribution is 14.1. The number of hydrogen-bond acceptors (Lipinski definition) is 3. The van der Waals surface area contributed by atoms with Crippen LogP contribution in [0.5, 0.6) is 0 Å². The van der Waals surface area contributed by atoms with Crippen molar-refractivity contribution in [1.29, 1.82) is 0 Å². The number of primary amides is 1. The van der Waals surface area contributed by atoms with Crippen LogP contribution in [-0.2, 0) is 0 Å². The molecule has 0 aliphatic carbocycles. The van der Waals surface area contributed by atoms with Gasteiger partial charge in [-0.3, -0.25) is 4.79 Å². The summed E-state index contributed by atoms with van der Waals surface area (Å²) in [7, 11) is 0. The van der Waals surface area contributed by atoms with Gasteiger partial charge in [0.15, 0.2) is 0 Å². The lowest BCUT2D eigenvalue weighted by Crippen LogP contribution is -2.14. The van der Waals surface area contributed by atoms with E-state index in [1.165, 1.54) is 0 Å². The van der Waals surface area contributed by atoms with E-state index >= 15 is 0 Å². The first-order chi connectivity index (χ1) is 8.97. The van der Waals surface area contributed by atoms with Gasteiger partial charge in [-0.15, -0.1) is 0 Å². The molecular weight excluding hydrogens is 377 g/mol. The van der Waals surface area contributed by atoms with Crippen LogP contribution < -0.4 is 16.8 Å². The standard InChI is InChI=1S/C13H11ClIN3O/c14-7-1-3-12(10(15)5-7)18-11-4-2-8(16)6-9(11)13(17)19/h1-6,18H,16H2,(H2,17,19). The Morgan fingerprint density at radius 3 is 2.47 bits per heavy atom. The van der Waals surface area contributed by atoms with Gasteiger partial charge in [0.2, 0.25) is 0 Å². The number of carbonyl (C=O) groups excluding carboxylic acids is 1.